The fourth-order valence-electron chi connectivity index (χ4n) is 2.22. The number of carbonyl (C=O) groups excluding carboxylic acids is 1. The lowest BCUT2D eigenvalue weighted by Crippen LogP contribution is -2.14. The summed E-state index contributed by atoms with van der Waals surface area (Å²) in [7, 11) is 0. The zero-order valence-corrected chi connectivity index (χ0v) is 13.2. The van der Waals surface area contributed by atoms with Crippen molar-refractivity contribution in [3.8, 4) is 0 Å². The standard InChI is InChI=1S/C18H18F3NO/c1-4-13-8-15(18(19,20)21)10-16(9-13)22-17(23)14-6-5-11(2)12(3)7-14/h5-10H,4H2,1-3H3,(H,22,23). The van der Waals surface area contributed by atoms with E-state index in [2.05, 4.69) is 5.32 Å². The summed E-state index contributed by atoms with van der Waals surface area (Å²) < 4.78 is 38.8. The zero-order chi connectivity index (χ0) is 17.2. The Morgan fingerprint density at radius 3 is 2.30 bits per heavy atom. The number of nitrogens with one attached hydrogen (secondary N) is 1. The lowest BCUT2D eigenvalue weighted by Gasteiger charge is -2.13. The first-order valence-electron chi connectivity index (χ1n) is 7.30. The van der Waals surface area contributed by atoms with E-state index in [1.807, 2.05) is 19.9 Å². The molecule has 122 valence electrons. The molecule has 5 heteroatoms. The summed E-state index contributed by atoms with van der Waals surface area (Å²) >= 11 is 0. The Bertz CT molecular complexity index is 736. The first-order chi connectivity index (χ1) is 10.7. The molecule has 1 N–H and O–H groups in total. The Labute approximate surface area is 133 Å². The Balaban J connectivity index is 2.31. The van der Waals surface area contributed by atoms with Gasteiger partial charge in [0, 0.05) is 11.3 Å². The summed E-state index contributed by atoms with van der Waals surface area (Å²) in [6.45, 7) is 5.58. The number of anilines is 1. The van der Waals surface area contributed by atoms with Crippen molar-refractivity contribution in [3.05, 3.63) is 64.2 Å². The summed E-state index contributed by atoms with van der Waals surface area (Å²) in [5, 5.41) is 2.55. The van der Waals surface area contributed by atoms with E-state index < -0.39 is 17.6 Å². The minimum absolute atomic E-state index is 0.153. The van der Waals surface area contributed by atoms with E-state index in [-0.39, 0.29) is 5.69 Å². The van der Waals surface area contributed by atoms with Crippen LogP contribution in [-0.2, 0) is 12.6 Å². The van der Waals surface area contributed by atoms with Crippen LogP contribution in [0.15, 0.2) is 36.4 Å². The quantitative estimate of drug-likeness (QED) is 0.833. The van der Waals surface area contributed by atoms with Crippen molar-refractivity contribution in [1.29, 1.82) is 0 Å². The molecule has 0 atom stereocenters. The van der Waals surface area contributed by atoms with E-state index in [0.29, 0.717) is 17.5 Å². The average molecular weight is 321 g/mol. The number of hydrogen-bond acceptors (Lipinski definition) is 1. The Morgan fingerprint density at radius 1 is 1.04 bits per heavy atom. The van der Waals surface area contributed by atoms with Crippen LogP contribution in [0.25, 0.3) is 0 Å². The molecule has 0 aliphatic heterocycles. The van der Waals surface area contributed by atoms with Gasteiger partial charge in [-0.05, 0) is 67.3 Å². The van der Waals surface area contributed by atoms with Gasteiger partial charge in [0.15, 0.2) is 0 Å². The molecule has 0 aromatic heterocycles. The van der Waals surface area contributed by atoms with E-state index in [9.17, 15) is 18.0 Å². The van der Waals surface area contributed by atoms with Crippen molar-refractivity contribution < 1.29 is 18.0 Å². The monoisotopic (exact) mass is 321 g/mol. The van der Waals surface area contributed by atoms with Crippen LogP contribution in [-0.4, -0.2) is 5.91 Å². The third kappa shape index (κ3) is 4.12. The van der Waals surface area contributed by atoms with Gasteiger partial charge >= 0.3 is 6.18 Å². The normalized spacial score (nSPS) is 11.4. The average Bonchev–Trinajstić information content (AvgIpc) is 2.48. The highest BCUT2D eigenvalue weighted by molar-refractivity contribution is 6.04. The molecule has 0 saturated heterocycles. The summed E-state index contributed by atoms with van der Waals surface area (Å²) in [6, 6.07) is 8.82. The van der Waals surface area contributed by atoms with Crippen molar-refractivity contribution in [3.63, 3.8) is 0 Å². The van der Waals surface area contributed by atoms with Gasteiger partial charge in [-0.2, -0.15) is 13.2 Å². The first kappa shape index (κ1) is 17.1. The smallest absolute Gasteiger partial charge is 0.322 e. The summed E-state index contributed by atoms with van der Waals surface area (Å²) in [4.78, 5) is 12.2. The van der Waals surface area contributed by atoms with Crippen molar-refractivity contribution >= 4 is 11.6 Å². The van der Waals surface area contributed by atoms with Gasteiger partial charge in [0.2, 0.25) is 0 Å². The number of halogens is 3. The van der Waals surface area contributed by atoms with Crippen molar-refractivity contribution in [1.82, 2.24) is 0 Å². The molecule has 0 unspecified atom stereocenters. The summed E-state index contributed by atoms with van der Waals surface area (Å²) in [6.07, 6.45) is -3.98. The second-order valence-corrected chi connectivity index (χ2v) is 5.52. The Hall–Kier alpha value is -2.30. The topological polar surface area (TPSA) is 29.1 Å². The van der Waals surface area contributed by atoms with Crippen LogP contribution in [0.1, 0.15) is 39.5 Å². The number of alkyl halides is 3. The number of amides is 1. The van der Waals surface area contributed by atoms with E-state index in [1.165, 1.54) is 0 Å². The molecular formula is C18H18F3NO. The van der Waals surface area contributed by atoms with Crippen LogP contribution in [0.4, 0.5) is 18.9 Å². The molecule has 0 radical (unpaired) electrons. The fraction of sp³-hybridized carbons (Fsp3) is 0.278. The second kappa shape index (κ2) is 6.44. The maximum absolute atomic E-state index is 12.9. The van der Waals surface area contributed by atoms with Gasteiger partial charge in [0.05, 0.1) is 5.56 Å². The van der Waals surface area contributed by atoms with Crippen molar-refractivity contribution in [2.75, 3.05) is 5.32 Å². The van der Waals surface area contributed by atoms with Gasteiger partial charge in [-0.25, -0.2) is 0 Å². The number of rotatable bonds is 3. The van der Waals surface area contributed by atoms with E-state index in [1.54, 1.807) is 25.1 Å². The highest BCUT2D eigenvalue weighted by Gasteiger charge is 2.31. The molecule has 23 heavy (non-hydrogen) atoms. The molecule has 2 nitrogen and oxygen atoms in total. The maximum atomic E-state index is 12.9. The van der Waals surface area contributed by atoms with Gasteiger partial charge in [-0.1, -0.05) is 13.0 Å². The summed E-state index contributed by atoms with van der Waals surface area (Å²) in [5.41, 5.74) is 2.34. The van der Waals surface area contributed by atoms with Crippen LogP contribution in [0, 0.1) is 13.8 Å². The molecule has 2 rings (SSSR count). The molecule has 0 heterocycles. The molecule has 0 saturated carbocycles. The predicted octanol–water partition coefficient (Wildman–Crippen LogP) is 5.14. The van der Waals surface area contributed by atoms with E-state index in [4.69, 9.17) is 0 Å². The summed E-state index contributed by atoms with van der Waals surface area (Å²) in [5.74, 6) is -0.422. The maximum Gasteiger partial charge on any atom is 0.416 e. The van der Waals surface area contributed by atoms with Crippen LogP contribution < -0.4 is 5.32 Å². The molecule has 2 aromatic carbocycles. The molecule has 2 aromatic rings. The SMILES string of the molecule is CCc1cc(NC(=O)c2ccc(C)c(C)c2)cc(C(F)(F)F)c1. The Morgan fingerprint density at radius 2 is 1.74 bits per heavy atom. The lowest BCUT2D eigenvalue weighted by atomic mass is 10.0. The van der Waals surface area contributed by atoms with Gasteiger partial charge in [0.1, 0.15) is 0 Å². The minimum atomic E-state index is -4.44. The number of carbonyl (C=O) groups is 1. The van der Waals surface area contributed by atoms with Gasteiger partial charge < -0.3 is 5.32 Å². The number of benzene rings is 2. The predicted molar refractivity (Wildman–Crippen MR) is 84.7 cm³/mol. The highest BCUT2D eigenvalue weighted by atomic mass is 19.4. The van der Waals surface area contributed by atoms with Crippen molar-refractivity contribution in [2.45, 2.75) is 33.4 Å². The molecule has 1 amide bonds. The van der Waals surface area contributed by atoms with E-state index in [0.717, 1.165) is 23.3 Å². The number of hydrogen-bond donors (Lipinski definition) is 1. The van der Waals surface area contributed by atoms with Gasteiger partial charge in [0.25, 0.3) is 5.91 Å². The van der Waals surface area contributed by atoms with Gasteiger partial charge in [-0.15, -0.1) is 0 Å². The van der Waals surface area contributed by atoms with Crippen LogP contribution >= 0.6 is 0 Å². The fourth-order valence-corrected chi connectivity index (χ4v) is 2.22. The first-order valence-corrected chi connectivity index (χ1v) is 7.30. The second-order valence-electron chi connectivity index (χ2n) is 5.52. The highest BCUT2D eigenvalue weighted by Crippen LogP contribution is 2.32. The third-order valence-corrected chi connectivity index (χ3v) is 3.76. The van der Waals surface area contributed by atoms with Crippen LogP contribution in [0.5, 0.6) is 0 Å². The van der Waals surface area contributed by atoms with Crippen molar-refractivity contribution in [2.24, 2.45) is 0 Å². The van der Waals surface area contributed by atoms with Crippen LogP contribution in [0.2, 0.25) is 0 Å². The molecule has 0 aliphatic rings. The van der Waals surface area contributed by atoms with Gasteiger partial charge in [-0.3, -0.25) is 4.79 Å². The molecule has 0 spiro atoms. The number of aryl methyl sites for hydroxylation is 3. The van der Waals surface area contributed by atoms with Crippen LogP contribution in [0.3, 0.4) is 0 Å². The molecule has 0 fully saturated rings. The lowest BCUT2D eigenvalue weighted by molar-refractivity contribution is -0.137. The largest absolute Gasteiger partial charge is 0.416 e. The molecule has 0 aliphatic carbocycles. The Kier molecular flexibility index (Phi) is 4.78. The molecular weight excluding hydrogens is 303 g/mol. The minimum Gasteiger partial charge on any atom is -0.322 e. The van der Waals surface area contributed by atoms with E-state index >= 15 is 0 Å². The molecule has 0 bridgehead atoms. The third-order valence-electron chi connectivity index (χ3n) is 3.76. The zero-order valence-electron chi connectivity index (χ0n) is 13.2.